The van der Waals surface area contributed by atoms with Gasteiger partial charge in [-0.15, -0.1) is 0 Å². The van der Waals surface area contributed by atoms with Crippen LogP contribution in [0.15, 0.2) is 30.5 Å². The predicted octanol–water partition coefficient (Wildman–Crippen LogP) is 3.73. The molecule has 0 aliphatic rings. The minimum absolute atomic E-state index is 0.128. The number of fused-ring (bicyclic) bond motifs is 1. The fourth-order valence-electron chi connectivity index (χ4n) is 2.05. The molecule has 1 N–H and O–H groups in total. The first kappa shape index (κ1) is 12.9. The molecule has 0 spiro atoms. The first-order chi connectivity index (χ1) is 9.67. The minimum Gasteiger partial charge on any atom is -0.357 e. The van der Waals surface area contributed by atoms with Crippen LogP contribution in [0.4, 0.5) is 0 Å². The lowest BCUT2D eigenvalue weighted by atomic mass is 10.1. The standard InChI is InChI=1S/C14H8Cl2N4/c15-13-12-11(19-14(16)20-13)10(7-18-12)5-8-1-3-9(6-17)4-2-8/h1-4,7,18H,5H2. The Morgan fingerprint density at radius 3 is 2.60 bits per heavy atom. The van der Waals surface area contributed by atoms with E-state index in [1.807, 2.05) is 18.3 Å². The zero-order valence-corrected chi connectivity index (χ0v) is 11.7. The molecule has 3 aromatic rings. The van der Waals surface area contributed by atoms with E-state index in [-0.39, 0.29) is 5.28 Å². The van der Waals surface area contributed by atoms with Crippen molar-refractivity contribution < 1.29 is 0 Å². The summed E-state index contributed by atoms with van der Waals surface area (Å²) in [4.78, 5) is 11.2. The minimum atomic E-state index is 0.128. The lowest BCUT2D eigenvalue weighted by molar-refractivity contribution is 1.18. The van der Waals surface area contributed by atoms with Gasteiger partial charge >= 0.3 is 0 Å². The van der Waals surface area contributed by atoms with Crippen molar-refractivity contribution in [3.8, 4) is 6.07 Å². The summed E-state index contributed by atoms with van der Waals surface area (Å²) in [7, 11) is 0. The molecule has 0 saturated heterocycles. The largest absolute Gasteiger partial charge is 0.357 e. The summed E-state index contributed by atoms with van der Waals surface area (Å²) in [5.74, 6) is 0. The summed E-state index contributed by atoms with van der Waals surface area (Å²) < 4.78 is 0. The maximum Gasteiger partial charge on any atom is 0.224 e. The van der Waals surface area contributed by atoms with Crippen LogP contribution in [-0.2, 0) is 6.42 Å². The zero-order chi connectivity index (χ0) is 14.1. The second-order valence-corrected chi connectivity index (χ2v) is 5.00. The molecule has 0 atom stereocenters. The molecule has 0 aliphatic heterocycles. The highest BCUT2D eigenvalue weighted by molar-refractivity contribution is 6.35. The van der Waals surface area contributed by atoms with E-state index in [0.29, 0.717) is 22.7 Å². The summed E-state index contributed by atoms with van der Waals surface area (Å²) in [5.41, 5.74) is 4.10. The molecule has 0 fully saturated rings. The number of hydrogen-bond donors (Lipinski definition) is 1. The highest BCUT2D eigenvalue weighted by Crippen LogP contribution is 2.25. The summed E-state index contributed by atoms with van der Waals surface area (Å²) in [5, 5.41) is 9.23. The third-order valence-electron chi connectivity index (χ3n) is 3.01. The number of rotatable bonds is 2. The highest BCUT2D eigenvalue weighted by Gasteiger charge is 2.11. The van der Waals surface area contributed by atoms with E-state index in [9.17, 15) is 0 Å². The Morgan fingerprint density at radius 2 is 1.90 bits per heavy atom. The topological polar surface area (TPSA) is 65.4 Å². The molecule has 0 radical (unpaired) electrons. The van der Waals surface area contributed by atoms with Gasteiger partial charge in [0, 0.05) is 18.2 Å². The Balaban J connectivity index is 2.00. The van der Waals surface area contributed by atoms with Crippen LogP contribution in [-0.4, -0.2) is 15.0 Å². The molecule has 4 nitrogen and oxygen atoms in total. The van der Waals surface area contributed by atoms with Gasteiger partial charge in [-0.05, 0) is 29.3 Å². The van der Waals surface area contributed by atoms with Crippen molar-refractivity contribution in [1.82, 2.24) is 15.0 Å². The van der Waals surface area contributed by atoms with Gasteiger partial charge < -0.3 is 4.98 Å². The normalized spacial score (nSPS) is 10.7. The molecule has 0 saturated carbocycles. The van der Waals surface area contributed by atoms with E-state index in [4.69, 9.17) is 28.5 Å². The van der Waals surface area contributed by atoms with Crippen LogP contribution < -0.4 is 0 Å². The highest BCUT2D eigenvalue weighted by atomic mass is 35.5. The molecule has 1 aromatic carbocycles. The van der Waals surface area contributed by atoms with E-state index in [0.717, 1.165) is 16.6 Å². The maximum atomic E-state index is 8.79. The molecule has 0 unspecified atom stereocenters. The van der Waals surface area contributed by atoms with Crippen molar-refractivity contribution >= 4 is 34.2 Å². The quantitative estimate of drug-likeness (QED) is 0.579. The summed E-state index contributed by atoms with van der Waals surface area (Å²) in [6.07, 6.45) is 2.52. The van der Waals surface area contributed by atoms with Crippen LogP contribution in [0.3, 0.4) is 0 Å². The SMILES string of the molecule is N#Cc1ccc(Cc2c[nH]c3c(Cl)nc(Cl)nc23)cc1. The van der Waals surface area contributed by atoms with E-state index in [1.54, 1.807) is 12.1 Å². The van der Waals surface area contributed by atoms with Crippen LogP contribution >= 0.6 is 23.2 Å². The van der Waals surface area contributed by atoms with Gasteiger partial charge in [0.15, 0.2) is 5.15 Å². The first-order valence-electron chi connectivity index (χ1n) is 5.85. The van der Waals surface area contributed by atoms with Crippen LogP contribution in [0.5, 0.6) is 0 Å². The van der Waals surface area contributed by atoms with Crippen LogP contribution in [0.25, 0.3) is 11.0 Å². The van der Waals surface area contributed by atoms with Gasteiger partial charge in [-0.3, -0.25) is 0 Å². The summed E-state index contributed by atoms with van der Waals surface area (Å²) >= 11 is 11.9. The smallest absolute Gasteiger partial charge is 0.224 e. The fraction of sp³-hybridized carbons (Fsp3) is 0.0714. The maximum absolute atomic E-state index is 8.79. The molecule has 0 aliphatic carbocycles. The number of halogens is 2. The lowest BCUT2D eigenvalue weighted by Gasteiger charge is -2.01. The summed E-state index contributed by atoms with van der Waals surface area (Å²) in [6, 6.07) is 9.51. The van der Waals surface area contributed by atoms with Crippen molar-refractivity contribution in [1.29, 1.82) is 5.26 Å². The van der Waals surface area contributed by atoms with Gasteiger partial charge in [0.1, 0.15) is 5.52 Å². The second kappa shape index (κ2) is 5.12. The molecule has 0 amide bonds. The van der Waals surface area contributed by atoms with E-state index in [2.05, 4.69) is 21.0 Å². The van der Waals surface area contributed by atoms with Gasteiger partial charge in [-0.25, -0.2) is 9.97 Å². The molecular weight excluding hydrogens is 295 g/mol. The number of aromatic amines is 1. The summed E-state index contributed by atoms with van der Waals surface area (Å²) in [6.45, 7) is 0. The number of aromatic nitrogens is 3. The van der Waals surface area contributed by atoms with Crippen molar-refractivity contribution in [2.24, 2.45) is 0 Å². The van der Waals surface area contributed by atoms with Crippen molar-refractivity contribution in [3.05, 3.63) is 57.6 Å². The Kier molecular flexibility index (Phi) is 3.31. The third-order valence-corrected chi connectivity index (χ3v) is 3.45. The Hall–Kier alpha value is -2.09. The molecular formula is C14H8Cl2N4. The number of nitriles is 1. The third kappa shape index (κ3) is 2.34. The van der Waals surface area contributed by atoms with Gasteiger partial charge in [-0.1, -0.05) is 23.7 Å². The molecule has 0 bridgehead atoms. The van der Waals surface area contributed by atoms with Gasteiger partial charge in [-0.2, -0.15) is 5.26 Å². The molecule has 2 aromatic heterocycles. The Labute approximate surface area is 125 Å². The predicted molar refractivity (Wildman–Crippen MR) is 77.9 cm³/mol. The number of H-pyrrole nitrogens is 1. The van der Waals surface area contributed by atoms with Gasteiger partial charge in [0.25, 0.3) is 0 Å². The molecule has 6 heteroatoms. The van der Waals surface area contributed by atoms with Gasteiger partial charge in [0.05, 0.1) is 17.1 Å². The molecule has 20 heavy (non-hydrogen) atoms. The van der Waals surface area contributed by atoms with Gasteiger partial charge in [0.2, 0.25) is 5.28 Å². The zero-order valence-electron chi connectivity index (χ0n) is 10.2. The van der Waals surface area contributed by atoms with E-state index in [1.165, 1.54) is 0 Å². The average molecular weight is 303 g/mol. The molecule has 3 rings (SSSR count). The second-order valence-electron chi connectivity index (χ2n) is 4.31. The molecule has 2 heterocycles. The first-order valence-corrected chi connectivity index (χ1v) is 6.61. The number of hydrogen-bond acceptors (Lipinski definition) is 3. The van der Waals surface area contributed by atoms with Crippen molar-refractivity contribution in [2.45, 2.75) is 6.42 Å². The molecule has 98 valence electrons. The average Bonchev–Trinajstić information content (AvgIpc) is 2.83. The fourth-order valence-corrected chi connectivity index (χ4v) is 2.48. The van der Waals surface area contributed by atoms with Crippen LogP contribution in [0, 0.1) is 11.3 Å². The lowest BCUT2D eigenvalue weighted by Crippen LogP contribution is -1.90. The Morgan fingerprint density at radius 1 is 1.15 bits per heavy atom. The van der Waals surface area contributed by atoms with Crippen LogP contribution in [0.1, 0.15) is 16.7 Å². The van der Waals surface area contributed by atoms with Crippen molar-refractivity contribution in [3.63, 3.8) is 0 Å². The van der Waals surface area contributed by atoms with Crippen molar-refractivity contribution in [2.75, 3.05) is 0 Å². The number of nitrogens with zero attached hydrogens (tertiary/aromatic N) is 3. The van der Waals surface area contributed by atoms with Crippen LogP contribution in [0.2, 0.25) is 10.4 Å². The van der Waals surface area contributed by atoms with E-state index >= 15 is 0 Å². The number of benzene rings is 1. The monoisotopic (exact) mass is 302 g/mol. The van der Waals surface area contributed by atoms with E-state index < -0.39 is 0 Å². The number of nitrogens with one attached hydrogen (secondary N) is 1. The Bertz CT molecular complexity index is 816.